The number of aromatic nitrogens is 3. The number of nitrogens with zero attached hydrogens (tertiary/aromatic N) is 3. The molecule has 0 radical (unpaired) electrons. The molecule has 3 rings (SSSR count). The van der Waals surface area contributed by atoms with Gasteiger partial charge in [0.15, 0.2) is 5.82 Å². The SMILES string of the molecule is Nn1c(-c2ccc(N=Cc3ccc(Cl)cc3)cc2)n[nH]c1=S. The highest BCUT2D eigenvalue weighted by Gasteiger charge is 2.05. The number of rotatable bonds is 3. The molecule has 0 aliphatic rings. The van der Waals surface area contributed by atoms with Gasteiger partial charge in [0.25, 0.3) is 0 Å². The van der Waals surface area contributed by atoms with Gasteiger partial charge in [0.1, 0.15) is 0 Å². The van der Waals surface area contributed by atoms with E-state index in [2.05, 4.69) is 15.2 Å². The van der Waals surface area contributed by atoms with E-state index < -0.39 is 0 Å². The molecule has 110 valence electrons. The predicted octanol–water partition coefficient (Wildman–Crippen LogP) is 3.73. The molecule has 0 saturated heterocycles. The van der Waals surface area contributed by atoms with Crippen LogP contribution < -0.4 is 5.84 Å². The summed E-state index contributed by atoms with van der Waals surface area (Å²) in [5.41, 5.74) is 2.67. The molecule has 0 bridgehead atoms. The summed E-state index contributed by atoms with van der Waals surface area (Å²) in [6.07, 6.45) is 1.78. The molecule has 1 heterocycles. The van der Waals surface area contributed by atoms with E-state index in [0.29, 0.717) is 15.6 Å². The maximum atomic E-state index is 5.85. The summed E-state index contributed by atoms with van der Waals surface area (Å²) in [7, 11) is 0. The smallest absolute Gasteiger partial charge is 0.214 e. The summed E-state index contributed by atoms with van der Waals surface area (Å²) in [4.78, 5) is 4.41. The fourth-order valence-corrected chi connectivity index (χ4v) is 2.16. The standard InChI is InChI=1S/C15H12ClN5S/c16-12-5-1-10(2-6-12)9-18-13-7-3-11(4-8-13)14-19-20-15(22)21(14)17/h1-9H,17H2,(H,20,22). The number of nitrogens with two attached hydrogens (primary N) is 1. The molecule has 0 fully saturated rings. The Kier molecular flexibility index (Phi) is 4.04. The predicted molar refractivity (Wildman–Crippen MR) is 91.7 cm³/mol. The van der Waals surface area contributed by atoms with Crippen LogP contribution in [-0.4, -0.2) is 21.1 Å². The number of H-pyrrole nitrogens is 1. The first-order chi connectivity index (χ1) is 10.6. The van der Waals surface area contributed by atoms with Gasteiger partial charge in [0, 0.05) is 16.8 Å². The van der Waals surface area contributed by atoms with Gasteiger partial charge < -0.3 is 5.84 Å². The number of benzene rings is 2. The number of aromatic amines is 1. The Labute approximate surface area is 137 Å². The van der Waals surface area contributed by atoms with Gasteiger partial charge in [-0.15, -0.1) is 0 Å². The van der Waals surface area contributed by atoms with Crippen LogP contribution in [0.2, 0.25) is 5.02 Å². The third-order valence-corrected chi connectivity index (χ3v) is 3.60. The average Bonchev–Trinajstić information content (AvgIpc) is 2.87. The van der Waals surface area contributed by atoms with Crippen molar-refractivity contribution in [3.63, 3.8) is 0 Å². The molecule has 3 N–H and O–H groups in total. The summed E-state index contributed by atoms with van der Waals surface area (Å²) in [6.45, 7) is 0. The van der Waals surface area contributed by atoms with E-state index in [9.17, 15) is 0 Å². The van der Waals surface area contributed by atoms with Gasteiger partial charge in [-0.3, -0.25) is 4.99 Å². The van der Waals surface area contributed by atoms with Crippen molar-refractivity contribution in [2.24, 2.45) is 4.99 Å². The molecule has 0 spiro atoms. The van der Waals surface area contributed by atoms with E-state index in [1.54, 1.807) is 6.21 Å². The highest BCUT2D eigenvalue weighted by Crippen LogP contribution is 2.20. The van der Waals surface area contributed by atoms with Crippen LogP contribution in [0.5, 0.6) is 0 Å². The maximum absolute atomic E-state index is 5.85. The third kappa shape index (κ3) is 3.08. The van der Waals surface area contributed by atoms with E-state index in [4.69, 9.17) is 29.7 Å². The van der Waals surface area contributed by atoms with E-state index in [0.717, 1.165) is 16.8 Å². The van der Waals surface area contributed by atoms with E-state index >= 15 is 0 Å². The molecular formula is C15H12ClN5S. The van der Waals surface area contributed by atoms with Crippen molar-refractivity contribution in [3.8, 4) is 11.4 Å². The molecule has 0 aliphatic carbocycles. The summed E-state index contributed by atoms with van der Waals surface area (Å²) in [5.74, 6) is 6.38. The van der Waals surface area contributed by atoms with Gasteiger partial charge in [-0.25, -0.2) is 9.77 Å². The second-order valence-electron chi connectivity index (χ2n) is 4.58. The molecule has 1 aromatic heterocycles. The lowest BCUT2D eigenvalue weighted by Crippen LogP contribution is -2.09. The van der Waals surface area contributed by atoms with Crippen LogP contribution in [0.15, 0.2) is 53.5 Å². The second kappa shape index (κ2) is 6.13. The average molecular weight is 330 g/mol. The lowest BCUT2D eigenvalue weighted by Gasteiger charge is -2.01. The highest BCUT2D eigenvalue weighted by molar-refractivity contribution is 7.71. The molecule has 7 heteroatoms. The number of nitrogen functional groups attached to an aromatic ring is 1. The van der Waals surface area contributed by atoms with Crippen molar-refractivity contribution >= 4 is 35.7 Å². The fraction of sp³-hybridized carbons (Fsp3) is 0. The minimum atomic E-state index is 0.375. The summed E-state index contributed by atoms with van der Waals surface area (Å²) in [6, 6.07) is 15.0. The molecular weight excluding hydrogens is 318 g/mol. The molecule has 0 saturated carbocycles. The number of hydrogen-bond acceptors (Lipinski definition) is 4. The molecule has 0 amide bonds. The van der Waals surface area contributed by atoms with E-state index in [1.807, 2.05) is 48.5 Å². The summed E-state index contributed by atoms with van der Waals surface area (Å²) >= 11 is 10.8. The lowest BCUT2D eigenvalue weighted by molar-refractivity contribution is 0.984. The van der Waals surface area contributed by atoms with Crippen LogP contribution in [-0.2, 0) is 0 Å². The Hall–Kier alpha value is -2.44. The molecule has 3 aromatic rings. The topological polar surface area (TPSA) is 72.0 Å². The number of nitrogens with one attached hydrogen (secondary N) is 1. The molecule has 0 atom stereocenters. The zero-order valence-corrected chi connectivity index (χ0v) is 13.0. The number of halogens is 1. The maximum Gasteiger partial charge on any atom is 0.214 e. The zero-order chi connectivity index (χ0) is 15.5. The molecule has 5 nitrogen and oxygen atoms in total. The highest BCUT2D eigenvalue weighted by atomic mass is 35.5. The Balaban J connectivity index is 1.81. The monoisotopic (exact) mass is 329 g/mol. The Bertz CT molecular complexity index is 862. The van der Waals surface area contributed by atoms with Crippen molar-refractivity contribution in [3.05, 3.63) is 63.9 Å². The largest absolute Gasteiger partial charge is 0.335 e. The number of aliphatic imine (C=N–C) groups is 1. The number of hydrogen-bond donors (Lipinski definition) is 2. The van der Waals surface area contributed by atoms with Crippen LogP contribution >= 0.6 is 23.8 Å². The van der Waals surface area contributed by atoms with Crippen molar-refractivity contribution in [2.75, 3.05) is 5.84 Å². The van der Waals surface area contributed by atoms with Crippen LogP contribution in [0.3, 0.4) is 0 Å². The fourth-order valence-electron chi connectivity index (χ4n) is 1.90. The van der Waals surface area contributed by atoms with Crippen molar-refractivity contribution < 1.29 is 0 Å². The Morgan fingerprint density at radius 3 is 2.41 bits per heavy atom. The first-order valence-electron chi connectivity index (χ1n) is 6.46. The van der Waals surface area contributed by atoms with Crippen molar-refractivity contribution in [1.29, 1.82) is 0 Å². The minimum Gasteiger partial charge on any atom is -0.335 e. The second-order valence-corrected chi connectivity index (χ2v) is 5.40. The molecule has 0 aliphatic heterocycles. The van der Waals surface area contributed by atoms with E-state index in [-0.39, 0.29) is 0 Å². The van der Waals surface area contributed by atoms with Crippen LogP contribution in [0, 0.1) is 4.77 Å². The third-order valence-electron chi connectivity index (χ3n) is 3.06. The van der Waals surface area contributed by atoms with Gasteiger partial charge >= 0.3 is 0 Å². The Morgan fingerprint density at radius 2 is 1.82 bits per heavy atom. The van der Waals surface area contributed by atoms with Gasteiger partial charge in [0.05, 0.1) is 5.69 Å². The molecule has 22 heavy (non-hydrogen) atoms. The summed E-state index contributed by atoms with van der Waals surface area (Å²) in [5, 5.41) is 7.44. The minimum absolute atomic E-state index is 0.375. The first-order valence-corrected chi connectivity index (χ1v) is 7.25. The van der Waals surface area contributed by atoms with Crippen LogP contribution in [0.1, 0.15) is 5.56 Å². The van der Waals surface area contributed by atoms with Crippen molar-refractivity contribution in [1.82, 2.24) is 14.9 Å². The quantitative estimate of drug-likeness (QED) is 0.437. The lowest BCUT2D eigenvalue weighted by atomic mass is 10.2. The van der Waals surface area contributed by atoms with Gasteiger partial charge in [-0.05, 0) is 54.2 Å². The normalized spacial score (nSPS) is 11.1. The van der Waals surface area contributed by atoms with Crippen molar-refractivity contribution in [2.45, 2.75) is 0 Å². The first kappa shape index (κ1) is 14.5. The van der Waals surface area contributed by atoms with E-state index in [1.165, 1.54) is 4.68 Å². The van der Waals surface area contributed by atoms with Gasteiger partial charge in [-0.1, -0.05) is 23.7 Å². The zero-order valence-electron chi connectivity index (χ0n) is 11.4. The van der Waals surface area contributed by atoms with Gasteiger partial charge in [0.2, 0.25) is 4.77 Å². The van der Waals surface area contributed by atoms with Crippen LogP contribution in [0.4, 0.5) is 5.69 Å². The van der Waals surface area contributed by atoms with Crippen LogP contribution in [0.25, 0.3) is 11.4 Å². The molecule has 0 unspecified atom stereocenters. The van der Waals surface area contributed by atoms with Gasteiger partial charge in [-0.2, -0.15) is 5.10 Å². The summed E-state index contributed by atoms with van der Waals surface area (Å²) < 4.78 is 1.71. The molecule has 2 aromatic carbocycles. The Morgan fingerprint density at radius 1 is 1.14 bits per heavy atom.